The minimum Gasteiger partial charge on any atom is -0.127 e. The summed E-state index contributed by atoms with van der Waals surface area (Å²) in [4.78, 5) is 0. The molecule has 0 radical (unpaired) electrons. The minimum atomic E-state index is -0.581. The monoisotopic (exact) mass is 276 g/mol. The molecule has 0 aromatic carbocycles. The standard InChI is InChI=1S/C15H33ClSi/c1-4-5-6-7-8-9-10-11-12-13-14-15(16)17(2)3/h15,17H,4-14H2,1-3H3. The molecule has 0 spiro atoms. The van der Waals surface area contributed by atoms with Crippen LogP contribution in [0.2, 0.25) is 13.1 Å². The Labute approximate surface area is 116 Å². The molecule has 0 heterocycles. The lowest BCUT2D eigenvalue weighted by molar-refractivity contribution is 0.552. The van der Waals surface area contributed by atoms with E-state index in [-0.39, 0.29) is 0 Å². The zero-order chi connectivity index (χ0) is 12.9. The smallest absolute Gasteiger partial charge is 0.0518 e. The van der Waals surface area contributed by atoms with Crippen LogP contribution in [0, 0.1) is 0 Å². The van der Waals surface area contributed by atoms with Gasteiger partial charge in [0.2, 0.25) is 0 Å². The molecule has 1 atom stereocenters. The second-order valence-corrected chi connectivity index (χ2v) is 10.0. The fraction of sp³-hybridized carbons (Fsp3) is 1.00. The third kappa shape index (κ3) is 12.7. The van der Waals surface area contributed by atoms with Gasteiger partial charge in [0.05, 0.1) is 8.80 Å². The van der Waals surface area contributed by atoms with Gasteiger partial charge in [-0.2, -0.15) is 0 Å². The molecule has 0 aliphatic carbocycles. The predicted molar refractivity (Wildman–Crippen MR) is 85.0 cm³/mol. The molecule has 2 heteroatoms. The first-order chi connectivity index (χ1) is 8.18. The first-order valence-electron chi connectivity index (χ1n) is 7.82. The van der Waals surface area contributed by atoms with Crippen LogP contribution in [-0.2, 0) is 0 Å². The van der Waals surface area contributed by atoms with Gasteiger partial charge in [-0.1, -0.05) is 84.2 Å². The topological polar surface area (TPSA) is 0 Å². The second kappa shape index (κ2) is 13.0. The molecule has 0 fully saturated rings. The molecule has 0 aliphatic heterocycles. The van der Waals surface area contributed by atoms with Gasteiger partial charge < -0.3 is 0 Å². The van der Waals surface area contributed by atoms with Crippen molar-refractivity contribution in [3.05, 3.63) is 0 Å². The molecule has 104 valence electrons. The van der Waals surface area contributed by atoms with E-state index in [4.69, 9.17) is 11.6 Å². The van der Waals surface area contributed by atoms with Crippen molar-refractivity contribution in [2.45, 2.75) is 95.6 Å². The van der Waals surface area contributed by atoms with E-state index in [9.17, 15) is 0 Å². The van der Waals surface area contributed by atoms with Gasteiger partial charge in [-0.15, -0.1) is 11.6 Å². The number of unbranched alkanes of at least 4 members (excludes halogenated alkanes) is 9. The highest BCUT2D eigenvalue weighted by Crippen LogP contribution is 2.15. The highest BCUT2D eigenvalue weighted by molar-refractivity contribution is 6.67. The van der Waals surface area contributed by atoms with Gasteiger partial charge in [0.25, 0.3) is 0 Å². The van der Waals surface area contributed by atoms with E-state index < -0.39 is 8.80 Å². The summed E-state index contributed by atoms with van der Waals surface area (Å²) in [6, 6.07) is 0. The molecule has 0 aromatic rings. The number of rotatable bonds is 12. The zero-order valence-corrected chi connectivity index (χ0v) is 14.2. The van der Waals surface area contributed by atoms with E-state index in [0.717, 1.165) is 0 Å². The van der Waals surface area contributed by atoms with E-state index in [1.165, 1.54) is 70.6 Å². The molecule has 0 rings (SSSR count). The van der Waals surface area contributed by atoms with Crippen LogP contribution in [0.1, 0.15) is 77.6 Å². The molecule has 1 unspecified atom stereocenters. The quantitative estimate of drug-likeness (QED) is 0.235. The molecule has 0 N–H and O–H groups in total. The summed E-state index contributed by atoms with van der Waals surface area (Å²) in [5.41, 5.74) is 0. The summed E-state index contributed by atoms with van der Waals surface area (Å²) in [6.45, 7) is 6.99. The van der Waals surface area contributed by atoms with E-state index in [1.807, 2.05) is 0 Å². The van der Waals surface area contributed by atoms with Gasteiger partial charge in [0.15, 0.2) is 0 Å². The number of halogens is 1. The van der Waals surface area contributed by atoms with Crippen molar-refractivity contribution >= 4 is 20.4 Å². The van der Waals surface area contributed by atoms with Crippen molar-refractivity contribution < 1.29 is 0 Å². The summed E-state index contributed by atoms with van der Waals surface area (Å²) >= 11 is 6.29. The van der Waals surface area contributed by atoms with E-state index in [1.54, 1.807) is 0 Å². The summed E-state index contributed by atoms with van der Waals surface area (Å²) in [7, 11) is -0.581. The van der Waals surface area contributed by atoms with E-state index in [2.05, 4.69) is 20.0 Å². The van der Waals surface area contributed by atoms with Crippen molar-refractivity contribution in [1.29, 1.82) is 0 Å². The maximum absolute atomic E-state index is 6.29. The molecule has 0 aliphatic rings. The van der Waals surface area contributed by atoms with Crippen LogP contribution in [0.4, 0.5) is 0 Å². The van der Waals surface area contributed by atoms with Crippen LogP contribution >= 0.6 is 11.6 Å². The van der Waals surface area contributed by atoms with Crippen LogP contribution < -0.4 is 0 Å². The second-order valence-electron chi connectivity index (χ2n) is 5.73. The molecular formula is C15H33ClSi. The van der Waals surface area contributed by atoms with Crippen molar-refractivity contribution in [3.63, 3.8) is 0 Å². The number of hydrogen-bond donors (Lipinski definition) is 0. The maximum Gasteiger partial charge on any atom is 0.0518 e. The van der Waals surface area contributed by atoms with E-state index >= 15 is 0 Å². The average molecular weight is 277 g/mol. The first-order valence-corrected chi connectivity index (χ1v) is 11.2. The molecule has 17 heavy (non-hydrogen) atoms. The maximum atomic E-state index is 6.29. The lowest BCUT2D eigenvalue weighted by Gasteiger charge is -2.11. The Hall–Kier alpha value is 0.507. The molecule has 0 nitrogen and oxygen atoms in total. The van der Waals surface area contributed by atoms with Gasteiger partial charge >= 0.3 is 0 Å². The SMILES string of the molecule is CCCCCCCCCCCCC(Cl)[SiH](C)C. The summed E-state index contributed by atoms with van der Waals surface area (Å²) in [5, 5.41) is 0.532. The van der Waals surface area contributed by atoms with Gasteiger partial charge in [-0.25, -0.2) is 0 Å². The molecule has 0 saturated heterocycles. The molecule has 0 aromatic heterocycles. The van der Waals surface area contributed by atoms with Gasteiger partial charge in [0.1, 0.15) is 0 Å². The molecule has 0 bridgehead atoms. The van der Waals surface area contributed by atoms with Crippen molar-refractivity contribution in [2.24, 2.45) is 0 Å². The summed E-state index contributed by atoms with van der Waals surface area (Å²) in [6.07, 6.45) is 15.5. The zero-order valence-electron chi connectivity index (χ0n) is 12.3. The third-order valence-electron chi connectivity index (χ3n) is 3.56. The Balaban J connectivity index is 3.03. The Morgan fingerprint density at radius 3 is 1.59 bits per heavy atom. The average Bonchev–Trinajstić information content (AvgIpc) is 2.31. The third-order valence-corrected chi connectivity index (χ3v) is 7.07. The Bertz CT molecular complexity index is 148. The summed E-state index contributed by atoms with van der Waals surface area (Å²) in [5.74, 6) is 0. The minimum absolute atomic E-state index is 0.532. The van der Waals surface area contributed by atoms with Crippen LogP contribution in [0.25, 0.3) is 0 Å². The highest BCUT2D eigenvalue weighted by Gasteiger charge is 2.09. The molecular weight excluding hydrogens is 244 g/mol. The number of hydrogen-bond acceptors (Lipinski definition) is 0. The van der Waals surface area contributed by atoms with Crippen molar-refractivity contribution in [3.8, 4) is 0 Å². The van der Waals surface area contributed by atoms with E-state index in [0.29, 0.717) is 5.00 Å². The normalized spacial score (nSPS) is 13.2. The fourth-order valence-electron chi connectivity index (χ4n) is 2.16. The van der Waals surface area contributed by atoms with Crippen molar-refractivity contribution in [1.82, 2.24) is 0 Å². The Kier molecular flexibility index (Phi) is 13.3. The van der Waals surface area contributed by atoms with Gasteiger partial charge in [-0.3, -0.25) is 0 Å². The molecule has 0 amide bonds. The van der Waals surface area contributed by atoms with Gasteiger partial charge in [0, 0.05) is 5.00 Å². The molecule has 0 saturated carbocycles. The Morgan fingerprint density at radius 2 is 1.18 bits per heavy atom. The predicted octanol–water partition coefficient (Wildman–Crippen LogP) is 5.93. The van der Waals surface area contributed by atoms with Gasteiger partial charge in [-0.05, 0) is 6.42 Å². The highest BCUT2D eigenvalue weighted by atomic mass is 35.5. The van der Waals surface area contributed by atoms with Crippen molar-refractivity contribution in [2.75, 3.05) is 0 Å². The van der Waals surface area contributed by atoms with Crippen LogP contribution in [0.3, 0.4) is 0 Å². The van der Waals surface area contributed by atoms with Crippen LogP contribution in [0.5, 0.6) is 0 Å². The Morgan fingerprint density at radius 1 is 0.765 bits per heavy atom. The fourth-order valence-corrected chi connectivity index (χ4v) is 3.22. The first kappa shape index (κ1) is 17.5. The van der Waals surface area contributed by atoms with Crippen LogP contribution in [-0.4, -0.2) is 13.8 Å². The lowest BCUT2D eigenvalue weighted by Crippen LogP contribution is -2.17. The summed E-state index contributed by atoms with van der Waals surface area (Å²) < 4.78 is 0. The lowest BCUT2D eigenvalue weighted by atomic mass is 10.1. The number of alkyl halides is 1. The van der Waals surface area contributed by atoms with Crippen LogP contribution in [0.15, 0.2) is 0 Å². The largest absolute Gasteiger partial charge is 0.127 e.